The molecule has 3 heterocycles. The average Bonchev–Trinajstić information content (AvgIpc) is 3.13. The van der Waals surface area contributed by atoms with E-state index in [2.05, 4.69) is 37.9 Å². The van der Waals surface area contributed by atoms with Gasteiger partial charge in [0, 0.05) is 11.4 Å². The zero-order valence-electron chi connectivity index (χ0n) is 14.8. The van der Waals surface area contributed by atoms with Gasteiger partial charge in [-0.3, -0.25) is 13.8 Å². The molecule has 0 aromatic carbocycles. The highest BCUT2D eigenvalue weighted by Gasteiger charge is 2.32. The van der Waals surface area contributed by atoms with E-state index in [1.165, 1.54) is 10.4 Å². The van der Waals surface area contributed by atoms with Gasteiger partial charge in [0.25, 0.3) is 5.56 Å². The number of hydrogen-bond acceptors (Lipinski definition) is 4. The van der Waals surface area contributed by atoms with E-state index in [0.29, 0.717) is 23.7 Å². The second-order valence-electron chi connectivity index (χ2n) is 7.95. The maximum Gasteiger partial charge on any atom is 0.263 e. The number of hydrogen-bond donors (Lipinski definition) is 0. The highest BCUT2D eigenvalue weighted by molar-refractivity contribution is 7.18. The van der Waals surface area contributed by atoms with Crippen LogP contribution < -0.4 is 5.56 Å². The molecule has 3 aromatic heterocycles. The average molecular weight is 344 g/mol. The number of rotatable bonds is 2. The molecule has 5 nitrogen and oxygen atoms in total. The largest absolute Gasteiger partial charge is 0.276 e. The number of aryl methyl sites for hydroxylation is 2. The highest BCUT2D eigenvalue weighted by atomic mass is 32.1. The van der Waals surface area contributed by atoms with Gasteiger partial charge in [-0.05, 0) is 42.6 Å². The summed E-state index contributed by atoms with van der Waals surface area (Å²) in [7, 11) is 0. The highest BCUT2D eigenvalue weighted by Crippen LogP contribution is 2.42. The molecule has 0 saturated carbocycles. The van der Waals surface area contributed by atoms with Crippen LogP contribution in [0.4, 0.5) is 0 Å². The monoisotopic (exact) mass is 344 g/mol. The van der Waals surface area contributed by atoms with Crippen molar-refractivity contribution in [2.45, 2.75) is 59.9 Å². The van der Waals surface area contributed by atoms with Crippen LogP contribution >= 0.6 is 11.3 Å². The summed E-state index contributed by atoms with van der Waals surface area (Å²) in [6.45, 7) is 9.74. The van der Waals surface area contributed by atoms with E-state index in [0.717, 1.165) is 35.9 Å². The van der Waals surface area contributed by atoms with E-state index >= 15 is 0 Å². The van der Waals surface area contributed by atoms with Crippen molar-refractivity contribution in [2.24, 2.45) is 11.3 Å². The standard InChI is InChI=1S/C18H24N4OS/c1-5-8-21-15(23)14-12-7-6-11(18(2,3)4)9-13(12)24-16(14)22-10-19-20-17(21)22/h10-11H,5-9H2,1-4H3. The molecule has 0 fully saturated rings. The first-order chi connectivity index (χ1) is 11.4. The third kappa shape index (κ3) is 2.23. The maximum atomic E-state index is 13.1. The summed E-state index contributed by atoms with van der Waals surface area (Å²) in [6, 6.07) is 0. The van der Waals surface area contributed by atoms with Crippen molar-refractivity contribution < 1.29 is 0 Å². The Bertz CT molecular complexity index is 973. The Balaban J connectivity index is 1.98. The van der Waals surface area contributed by atoms with Crippen LogP contribution in [0.25, 0.3) is 16.0 Å². The Kier molecular flexibility index (Phi) is 3.56. The third-order valence-corrected chi connectivity index (χ3v) is 6.62. The second kappa shape index (κ2) is 5.41. The van der Waals surface area contributed by atoms with Crippen LogP contribution in [0.2, 0.25) is 0 Å². The van der Waals surface area contributed by atoms with Gasteiger partial charge in [0.2, 0.25) is 5.78 Å². The van der Waals surface area contributed by atoms with Crippen molar-refractivity contribution in [3.8, 4) is 0 Å². The molecule has 0 N–H and O–H groups in total. The normalized spacial score (nSPS) is 18.4. The van der Waals surface area contributed by atoms with Crippen molar-refractivity contribution >= 4 is 27.3 Å². The molecule has 1 aliphatic carbocycles. The van der Waals surface area contributed by atoms with Gasteiger partial charge in [-0.25, -0.2) is 0 Å². The van der Waals surface area contributed by atoms with Crippen molar-refractivity contribution in [1.82, 2.24) is 19.2 Å². The summed E-state index contributed by atoms with van der Waals surface area (Å²) >= 11 is 1.76. The van der Waals surface area contributed by atoms with Gasteiger partial charge in [0.1, 0.15) is 11.2 Å². The van der Waals surface area contributed by atoms with Gasteiger partial charge in [0.05, 0.1) is 5.39 Å². The lowest BCUT2D eigenvalue weighted by Crippen LogP contribution is -2.27. The lowest BCUT2D eigenvalue weighted by Gasteiger charge is -2.33. The predicted molar refractivity (Wildman–Crippen MR) is 97.9 cm³/mol. The molecule has 3 aromatic rings. The molecule has 1 atom stereocenters. The number of thiophene rings is 1. The third-order valence-electron chi connectivity index (χ3n) is 5.37. The van der Waals surface area contributed by atoms with Crippen LogP contribution in [0.15, 0.2) is 11.1 Å². The van der Waals surface area contributed by atoms with Gasteiger partial charge < -0.3 is 0 Å². The van der Waals surface area contributed by atoms with E-state index in [9.17, 15) is 4.79 Å². The van der Waals surface area contributed by atoms with Crippen LogP contribution in [0.1, 0.15) is 51.0 Å². The first-order valence-corrected chi connectivity index (χ1v) is 9.60. The topological polar surface area (TPSA) is 52.2 Å². The van der Waals surface area contributed by atoms with E-state index < -0.39 is 0 Å². The van der Waals surface area contributed by atoms with Crippen molar-refractivity contribution in [1.29, 1.82) is 0 Å². The molecule has 0 amide bonds. The van der Waals surface area contributed by atoms with Crippen LogP contribution in [-0.4, -0.2) is 19.2 Å². The lowest BCUT2D eigenvalue weighted by molar-refractivity contribution is 0.218. The molecule has 0 bridgehead atoms. The molecule has 1 unspecified atom stereocenters. The minimum atomic E-state index is 0.110. The fourth-order valence-corrected chi connectivity index (χ4v) is 5.29. The molecule has 6 heteroatoms. The first-order valence-electron chi connectivity index (χ1n) is 8.78. The summed E-state index contributed by atoms with van der Waals surface area (Å²) in [5, 5.41) is 9.15. The van der Waals surface area contributed by atoms with Gasteiger partial charge in [-0.15, -0.1) is 21.5 Å². The van der Waals surface area contributed by atoms with Crippen LogP contribution in [-0.2, 0) is 19.4 Å². The van der Waals surface area contributed by atoms with Crippen molar-refractivity contribution in [3.63, 3.8) is 0 Å². The fourth-order valence-electron chi connectivity index (χ4n) is 3.91. The maximum absolute atomic E-state index is 13.1. The summed E-state index contributed by atoms with van der Waals surface area (Å²) < 4.78 is 3.79. The predicted octanol–water partition coefficient (Wildman–Crippen LogP) is 3.67. The second-order valence-corrected chi connectivity index (χ2v) is 9.03. The van der Waals surface area contributed by atoms with Crippen molar-refractivity contribution in [2.75, 3.05) is 0 Å². The van der Waals surface area contributed by atoms with Crippen molar-refractivity contribution in [3.05, 3.63) is 27.1 Å². The molecule has 24 heavy (non-hydrogen) atoms. The Morgan fingerprint density at radius 2 is 2.17 bits per heavy atom. The van der Waals surface area contributed by atoms with E-state index in [1.54, 1.807) is 22.2 Å². The van der Waals surface area contributed by atoms with Gasteiger partial charge >= 0.3 is 0 Å². The molecule has 0 saturated heterocycles. The number of aromatic nitrogens is 4. The van der Waals surface area contributed by atoms with E-state index in [1.807, 2.05) is 4.40 Å². The Hall–Kier alpha value is -1.69. The van der Waals surface area contributed by atoms with E-state index in [4.69, 9.17) is 0 Å². The van der Waals surface area contributed by atoms with Gasteiger partial charge in [0.15, 0.2) is 0 Å². The first kappa shape index (κ1) is 15.8. The summed E-state index contributed by atoms with van der Waals surface area (Å²) in [4.78, 5) is 15.5. The summed E-state index contributed by atoms with van der Waals surface area (Å²) in [6.07, 6.45) is 5.90. The smallest absolute Gasteiger partial charge is 0.263 e. The molecule has 0 aliphatic heterocycles. The van der Waals surface area contributed by atoms with Crippen LogP contribution in [0.3, 0.4) is 0 Å². The van der Waals surface area contributed by atoms with E-state index in [-0.39, 0.29) is 5.56 Å². The molecule has 4 rings (SSSR count). The molecule has 0 radical (unpaired) electrons. The molecular weight excluding hydrogens is 320 g/mol. The SMILES string of the molecule is CCCn1c(=O)c2c3c(sc2n2cnnc12)CC(C(C)(C)C)CC3. The number of nitrogens with zero attached hydrogens (tertiary/aromatic N) is 4. The Labute approximate surface area is 145 Å². The molecule has 0 spiro atoms. The zero-order chi connectivity index (χ0) is 17.1. The molecule has 1 aliphatic rings. The number of fused-ring (bicyclic) bond motifs is 5. The summed E-state index contributed by atoms with van der Waals surface area (Å²) in [5.74, 6) is 1.34. The Morgan fingerprint density at radius 1 is 1.38 bits per heavy atom. The minimum absolute atomic E-state index is 0.110. The van der Waals surface area contributed by atoms with Gasteiger partial charge in [-0.2, -0.15) is 0 Å². The zero-order valence-corrected chi connectivity index (χ0v) is 15.6. The van der Waals surface area contributed by atoms with Crippen LogP contribution in [0.5, 0.6) is 0 Å². The lowest BCUT2D eigenvalue weighted by atomic mass is 9.72. The Morgan fingerprint density at radius 3 is 2.88 bits per heavy atom. The molecule has 128 valence electrons. The quantitative estimate of drug-likeness (QED) is 0.713. The van der Waals surface area contributed by atoms with Gasteiger partial charge in [-0.1, -0.05) is 27.7 Å². The van der Waals surface area contributed by atoms with Crippen LogP contribution in [0, 0.1) is 11.3 Å². The molecular formula is C18H24N4OS. The fraction of sp³-hybridized carbons (Fsp3) is 0.611. The minimum Gasteiger partial charge on any atom is -0.276 e. The summed E-state index contributed by atoms with van der Waals surface area (Å²) in [5.41, 5.74) is 1.70.